The zero-order valence-electron chi connectivity index (χ0n) is 14.8. The first-order chi connectivity index (χ1) is 12.9. The highest BCUT2D eigenvalue weighted by Crippen LogP contribution is 2.37. The van der Waals surface area contributed by atoms with Gasteiger partial charge in [-0.2, -0.15) is 0 Å². The molecule has 0 saturated carbocycles. The highest BCUT2D eigenvalue weighted by molar-refractivity contribution is 6.44. The average molecular weight is 378 g/mol. The van der Waals surface area contributed by atoms with Gasteiger partial charge in [-0.05, 0) is 30.8 Å². The molecular weight excluding hydrogens is 355 g/mol. The van der Waals surface area contributed by atoms with Crippen LogP contribution < -0.4 is 15.1 Å². The summed E-state index contributed by atoms with van der Waals surface area (Å²) in [6, 6.07) is 2.58. The third kappa shape index (κ3) is 4.34. The molecule has 1 fully saturated rings. The molecule has 27 heavy (non-hydrogen) atoms. The van der Waals surface area contributed by atoms with Crippen molar-refractivity contribution >= 4 is 19.0 Å². The fourth-order valence-corrected chi connectivity index (χ4v) is 3.19. The van der Waals surface area contributed by atoms with E-state index in [2.05, 4.69) is 0 Å². The lowest BCUT2D eigenvalue weighted by Crippen LogP contribution is -2.56. The number of carbonyl (C=O) groups is 2. The molecule has 2 heterocycles. The lowest BCUT2D eigenvalue weighted by atomic mass is 9.78. The number of carboxylic acids is 1. The Labute approximate surface area is 156 Å². The Kier molecular flexibility index (Phi) is 5.88. The summed E-state index contributed by atoms with van der Waals surface area (Å²) in [4.78, 5) is 24.3. The molecule has 1 aromatic carbocycles. The number of hydrogen-bond acceptors (Lipinski definition) is 7. The molecule has 1 saturated heterocycles. The fourth-order valence-electron chi connectivity index (χ4n) is 3.19. The summed E-state index contributed by atoms with van der Waals surface area (Å²) in [5.41, 5.74) is 6.81. The van der Waals surface area contributed by atoms with Crippen molar-refractivity contribution in [3.8, 4) is 11.5 Å². The Morgan fingerprint density at radius 3 is 2.81 bits per heavy atom. The van der Waals surface area contributed by atoms with Gasteiger partial charge in [-0.25, -0.2) is 0 Å². The van der Waals surface area contributed by atoms with Gasteiger partial charge in [-0.3, -0.25) is 9.59 Å². The third-order valence-corrected chi connectivity index (χ3v) is 4.85. The molecule has 5 N–H and O–H groups in total. The van der Waals surface area contributed by atoms with E-state index < -0.39 is 19.1 Å². The number of aliphatic hydroxyl groups is 1. The Hall–Kier alpha value is -2.30. The van der Waals surface area contributed by atoms with E-state index in [0.29, 0.717) is 42.9 Å². The predicted octanol–water partition coefficient (Wildman–Crippen LogP) is -0.624. The number of ether oxygens (including phenoxy) is 1. The second-order valence-corrected chi connectivity index (χ2v) is 6.82. The molecule has 0 aromatic heterocycles. The Bertz CT molecular complexity index is 723. The molecule has 9 nitrogen and oxygen atoms in total. The molecule has 0 bridgehead atoms. The number of aryl methyl sites for hydroxylation is 1. The quantitative estimate of drug-likeness (QED) is 0.460. The summed E-state index contributed by atoms with van der Waals surface area (Å²) in [6.45, 7) is 0.479. The minimum atomic E-state index is -1.12. The van der Waals surface area contributed by atoms with Gasteiger partial charge in [-0.1, -0.05) is 6.07 Å². The molecule has 0 spiro atoms. The summed E-state index contributed by atoms with van der Waals surface area (Å²) in [5, 5.41) is 28.1. The van der Waals surface area contributed by atoms with E-state index in [4.69, 9.17) is 20.2 Å². The Morgan fingerprint density at radius 1 is 1.41 bits per heavy atom. The first kappa shape index (κ1) is 19.5. The van der Waals surface area contributed by atoms with Crippen molar-refractivity contribution in [1.29, 1.82) is 0 Å². The minimum absolute atomic E-state index is 0.0760. The number of carboxylic acid groups (broad SMARTS) is 1. The van der Waals surface area contributed by atoms with Crippen LogP contribution in [-0.2, 0) is 22.6 Å². The third-order valence-electron chi connectivity index (χ3n) is 4.85. The predicted molar refractivity (Wildman–Crippen MR) is 95.3 cm³/mol. The van der Waals surface area contributed by atoms with E-state index in [1.165, 1.54) is 0 Å². The van der Waals surface area contributed by atoms with Gasteiger partial charge in [-0.15, -0.1) is 0 Å². The van der Waals surface area contributed by atoms with Crippen LogP contribution in [0.15, 0.2) is 12.1 Å². The summed E-state index contributed by atoms with van der Waals surface area (Å²) < 4.78 is 11.3. The molecule has 10 heteroatoms. The maximum atomic E-state index is 12.0. The van der Waals surface area contributed by atoms with Gasteiger partial charge in [0.15, 0.2) is 0 Å². The molecule has 1 amide bonds. The van der Waals surface area contributed by atoms with Crippen molar-refractivity contribution in [2.24, 2.45) is 5.73 Å². The van der Waals surface area contributed by atoms with Crippen LogP contribution in [0.4, 0.5) is 0 Å². The zero-order valence-corrected chi connectivity index (χ0v) is 14.8. The van der Waals surface area contributed by atoms with Crippen molar-refractivity contribution in [1.82, 2.24) is 4.90 Å². The van der Waals surface area contributed by atoms with Crippen molar-refractivity contribution in [2.45, 2.75) is 44.3 Å². The molecule has 146 valence electrons. The van der Waals surface area contributed by atoms with Gasteiger partial charge >= 0.3 is 13.1 Å². The monoisotopic (exact) mass is 378 g/mol. The number of nitrogens with zero attached hydrogens (tertiary/aromatic N) is 1. The average Bonchev–Trinajstić information content (AvgIpc) is 2.61. The highest BCUT2D eigenvalue weighted by Gasteiger charge is 2.34. The van der Waals surface area contributed by atoms with Gasteiger partial charge in [0, 0.05) is 6.42 Å². The van der Waals surface area contributed by atoms with E-state index in [9.17, 15) is 19.7 Å². The molecule has 1 aromatic rings. The van der Waals surface area contributed by atoms with Gasteiger partial charge in [0.2, 0.25) is 5.91 Å². The van der Waals surface area contributed by atoms with Gasteiger partial charge in [0.05, 0.1) is 25.3 Å². The number of nitrogens with two attached hydrogens (primary N) is 1. The summed E-state index contributed by atoms with van der Waals surface area (Å²) in [7, 11) is -0.896. The maximum Gasteiger partial charge on any atom is 0.522 e. The number of rotatable bonds is 7. The van der Waals surface area contributed by atoms with Gasteiger partial charge < -0.3 is 35.3 Å². The van der Waals surface area contributed by atoms with Crippen LogP contribution in [0.3, 0.4) is 0 Å². The number of benzene rings is 1. The Morgan fingerprint density at radius 2 is 2.15 bits per heavy atom. The van der Waals surface area contributed by atoms with Crippen LogP contribution in [0.2, 0.25) is 6.32 Å². The van der Waals surface area contributed by atoms with E-state index >= 15 is 0 Å². The van der Waals surface area contributed by atoms with Crippen LogP contribution in [0.5, 0.6) is 11.5 Å². The standard InChI is InChI=1S/C17H23BN2O7/c19-13(17(23)24)2-4-15(22)20-7-11(8-20)26-14-3-1-10-5-6-18(25)27-16(10)12(14)9-21/h1,3,11,13,21,25H,2,4-9,19H2,(H,23,24)/t13-/m1/s1. The molecule has 2 aliphatic rings. The smallest absolute Gasteiger partial charge is 0.522 e. The minimum Gasteiger partial charge on any atom is -0.536 e. The summed E-state index contributed by atoms with van der Waals surface area (Å²) in [5.74, 6) is -0.353. The van der Waals surface area contributed by atoms with E-state index in [-0.39, 0.29) is 31.5 Å². The number of aliphatic hydroxyl groups excluding tert-OH is 1. The number of amides is 1. The lowest BCUT2D eigenvalue weighted by Gasteiger charge is -2.39. The zero-order chi connectivity index (χ0) is 19.6. The van der Waals surface area contributed by atoms with Crippen LogP contribution in [-0.4, -0.2) is 64.4 Å². The number of likely N-dealkylation sites (tertiary alicyclic amines) is 1. The van der Waals surface area contributed by atoms with Crippen LogP contribution in [0.25, 0.3) is 0 Å². The van der Waals surface area contributed by atoms with Crippen LogP contribution >= 0.6 is 0 Å². The molecular formula is C17H23BN2O7. The normalized spacial score (nSPS) is 17.6. The lowest BCUT2D eigenvalue weighted by molar-refractivity contribution is -0.141. The van der Waals surface area contributed by atoms with Crippen molar-refractivity contribution in [3.05, 3.63) is 23.3 Å². The van der Waals surface area contributed by atoms with Crippen LogP contribution in [0.1, 0.15) is 24.0 Å². The van der Waals surface area contributed by atoms with Crippen molar-refractivity contribution in [2.75, 3.05) is 13.1 Å². The second kappa shape index (κ2) is 8.16. The molecule has 0 unspecified atom stereocenters. The molecule has 2 aliphatic heterocycles. The van der Waals surface area contributed by atoms with E-state index in [0.717, 1.165) is 5.56 Å². The second-order valence-electron chi connectivity index (χ2n) is 6.82. The van der Waals surface area contributed by atoms with E-state index in [1.807, 2.05) is 6.07 Å². The fraction of sp³-hybridized carbons (Fsp3) is 0.529. The molecule has 0 aliphatic carbocycles. The van der Waals surface area contributed by atoms with Crippen molar-refractivity contribution in [3.63, 3.8) is 0 Å². The van der Waals surface area contributed by atoms with Crippen molar-refractivity contribution < 1.29 is 34.2 Å². The first-order valence-corrected chi connectivity index (χ1v) is 8.92. The molecule has 0 radical (unpaired) electrons. The molecule has 1 atom stereocenters. The highest BCUT2D eigenvalue weighted by atomic mass is 16.5. The van der Waals surface area contributed by atoms with Gasteiger partial charge in [0.1, 0.15) is 23.6 Å². The first-order valence-electron chi connectivity index (χ1n) is 8.92. The number of carbonyl (C=O) groups excluding carboxylic acids is 1. The summed E-state index contributed by atoms with van der Waals surface area (Å²) in [6.07, 6.45) is 1.11. The Balaban J connectivity index is 1.55. The van der Waals surface area contributed by atoms with E-state index in [1.54, 1.807) is 11.0 Å². The summed E-state index contributed by atoms with van der Waals surface area (Å²) >= 11 is 0. The largest absolute Gasteiger partial charge is 0.536 e. The van der Waals surface area contributed by atoms with Gasteiger partial charge in [0.25, 0.3) is 0 Å². The maximum absolute atomic E-state index is 12.0. The number of hydrogen-bond donors (Lipinski definition) is 4. The van der Waals surface area contributed by atoms with Crippen LogP contribution in [0, 0.1) is 0 Å². The SMILES string of the molecule is N[C@H](CCC(=O)N1CC(Oc2ccc3c(c2CO)OB(O)CC3)C1)C(=O)O. The number of fused-ring (bicyclic) bond motifs is 1. The molecule has 3 rings (SSSR count). The topological polar surface area (TPSA) is 143 Å². The number of aliphatic carboxylic acids is 1.